The lowest BCUT2D eigenvalue weighted by atomic mass is 9.93. The van der Waals surface area contributed by atoms with Crippen molar-refractivity contribution in [2.24, 2.45) is 5.73 Å². The third-order valence-electron chi connectivity index (χ3n) is 5.28. The highest BCUT2D eigenvalue weighted by molar-refractivity contribution is 5.81. The molecule has 0 aliphatic rings. The smallest absolute Gasteiger partial charge is 0.225 e. The van der Waals surface area contributed by atoms with Crippen LogP contribution in [-0.2, 0) is 4.79 Å². The largest absolute Gasteiger partial charge is 0.369 e. The fourth-order valence-corrected chi connectivity index (χ4v) is 3.60. The molecule has 0 aliphatic carbocycles. The average Bonchev–Trinajstić information content (AvgIpc) is 2.65. The molecule has 0 aliphatic heterocycles. The van der Waals surface area contributed by atoms with Crippen molar-refractivity contribution >= 4 is 5.91 Å². The Labute approximate surface area is 161 Å². The van der Waals surface area contributed by atoms with E-state index in [0.717, 1.165) is 18.4 Å². The van der Waals surface area contributed by atoms with Crippen molar-refractivity contribution in [3.05, 3.63) is 30.1 Å². The summed E-state index contributed by atoms with van der Waals surface area (Å²) in [4.78, 5) is 15.8. The molecule has 0 bridgehead atoms. The van der Waals surface area contributed by atoms with Gasteiger partial charge in [0.25, 0.3) is 0 Å². The molecule has 1 atom stereocenters. The van der Waals surface area contributed by atoms with Crippen LogP contribution >= 0.6 is 0 Å². The van der Waals surface area contributed by atoms with Gasteiger partial charge < -0.3 is 5.73 Å². The fraction of sp³-hybridized carbons (Fsp3) is 0.739. The van der Waals surface area contributed by atoms with Crippen LogP contribution in [0.15, 0.2) is 24.5 Å². The summed E-state index contributed by atoms with van der Waals surface area (Å²) in [5.41, 5.74) is 6.51. The summed E-state index contributed by atoms with van der Waals surface area (Å²) in [6, 6.07) is 3.82. The Balaban J connectivity index is 1.93. The van der Waals surface area contributed by atoms with E-state index < -0.39 is 0 Å². The molecular formula is C23H40N2O. The van der Waals surface area contributed by atoms with Gasteiger partial charge in [0, 0.05) is 12.4 Å². The minimum atomic E-state index is -0.229. The van der Waals surface area contributed by atoms with Gasteiger partial charge in [-0.2, -0.15) is 0 Å². The average molecular weight is 361 g/mol. The number of amides is 1. The monoisotopic (exact) mass is 360 g/mol. The molecule has 0 saturated heterocycles. The first kappa shape index (κ1) is 22.7. The van der Waals surface area contributed by atoms with E-state index in [1.165, 1.54) is 83.5 Å². The molecule has 1 rings (SSSR count). The molecule has 2 N–H and O–H groups in total. The number of hydrogen-bond acceptors (Lipinski definition) is 2. The number of nitrogens with two attached hydrogens (primary N) is 1. The van der Waals surface area contributed by atoms with Crippen LogP contribution in [0.5, 0.6) is 0 Å². The molecule has 1 heterocycles. The van der Waals surface area contributed by atoms with Gasteiger partial charge >= 0.3 is 0 Å². The van der Waals surface area contributed by atoms with E-state index in [4.69, 9.17) is 5.73 Å². The number of rotatable bonds is 17. The van der Waals surface area contributed by atoms with Gasteiger partial charge in [-0.25, -0.2) is 0 Å². The Kier molecular flexibility index (Phi) is 13.8. The summed E-state index contributed by atoms with van der Waals surface area (Å²) in [5, 5.41) is 0. The molecule has 1 unspecified atom stereocenters. The van der Waals surface area contributed by atoms with Crippen molar-refractivity contribution in [2.75, 3.05) is 0 Å². The Hall–Kier alpha value is -1.38. The van der Waals surface area contributed by atoms with Crippen molar-refractivity contribution in [1.29, 1.82) is 0 Å². The standard InChI is InChI=1S/C23H40N2O/c1-2-3-4-5-6-7-8-9-10-11-12-13-14-15-18-22(23(24)26)21-17-16-19-25-20-21/h16-17,19-20,22H,2-15,18H2,1H3,(H2,24,26). The highest BCUT2D eigenvalue weighted by Gasteiger charge is 2.17. The van der Waals surface area contributed by atoms with E-state index in [1.807, 2.05) is 12.1 Å². The van der Waals surface area contributed by atoms with E-state index >= 15 is 0 Å². The molecule has 1 aromatic rings. The first-order valence-corrected chi connectivity index (χ1v) is 10.9. The molecule has 148 valence electrons. The lowest BCUT2D eigenvalue weighted by Crippen LogP contribution is -2.21. The highest BCUT2D eigenvalue weighted by atomic mass is 16.1. The van der Waals surface area contributed by atoms with Crippen molar-refractivity contribution in [1.82, 2.24) is 4.98 Å². The molecule has 26 heavy (non-hydrogen) atoms. The van der Waals surface area contributed by atoms with E-state index in [-0.39, 0.29) is 11.8 Å². The van der Waals surface area contributed by atoms with Gasteiger partial charge in [-0.05, 0) is 18.1 Å². The van der Waals surface area contributed by atoms with E-state index in [2.05, 4.69) is 11.9 Å². The molecule has 1 amide bonds. The fourth-order valence-electron chi connectivity index (χ4n) is 3.60. The zero-order chi connectivity index (χ0) is 18.9. The summed E-state index contributed by atoms with van der Waals surface area (Å²) in [5.74, 6) is -0.409. The van der Waals surface area contributed by atoms with Crippen LogP contribution in [0.3, 0.4) is 0 Å². The number of carbonyl (C=O) groups is 1. The zero-order valence-electron chi connectivity index (χ0n) is 16.9. The number of pyridine rings is 1. The normalized spacial score (nSPS) is 12.2. The number of aromatic nitrogens is 1. The number of hydrogen-bond donors (Lipinski definition) is 1. The van der Waals surface area contributed by atoms with Gasteiger partial charge in [-0.1, -0.05) is 103 Å². The first-order chi connectivity index (χ1) is 12.8. The summed E-state index contributed by atoms with van der Waals surface area (Å²) >= 11 is 0. The number of unbranched alkanes of at least 4 members (excludes halogenated alkanes) is 13. The highest BCUT2D eigenvalue weighted by Crippen LogP contribution is 2.22. The maximum atomic E-state index is 11.7. The molecule has 0 aromatic carbocycles. The SMILES string of the molecule is CCCCCCCCCCCCCCCCC(C(N)=O)c1cccnc1. The Morgan fingerprint density at radius 3 is 1.81 bits per heavy atom. The Morgan fingerprint density at radius 1 is 0.885 bits per heavy atom. The number of carbonyl (C=O) groups excluding carboxylic acids is 1. The van der Waals surface area contributed by atoms with Crippen molar-refractivity contribution < 1.29 is 4.79 Å². The maximum absolute atomic E-state index is 11.7. The summed E-state index contributed by atoms with van der Waals surface area (Å²) in [6.45, 7) is 2.27. The predicted molar refractivity (Wildman–Crippen MR) is 111 cm³/mol. The minimum absolute atomic E-state index is 0.180. The summed E-state index contributed by atoms with van der Waals surface area (Å²) in [7, 11) is 0. The predicted octanol–water partition coefficient (Wildman–Crippen LogP) is 6.52. The Morgan fingerprint density at radius 2 is 1.38 bits per heavy atom. The van der Waals surface area contributed by atoms with Gasteiger partial charge in [0.2, 0.25) is 5.91 Å². The lowest BCUT2D eigenvalue weighted by Gasteiger charge is -2.13. The van der Waals surface area contributed by atoms with Gasteiger partial charge in [0.1, 0.15) is 0 Å². The quantitative estimate of drug-likeness (QED) is 0.321. The van der Waals surface area contributed by atoms with Gasteiger partial charge in [-0.15, -0.1) is 0 Å². The van der Waals surface area contributed by atoms with Crippen LogP contribution in [0.4, 0.5) is 0 Å². The molecule has 0 radical (unpaired) electrons. The second-order valence-corrected chi connectivity index (χ2v) is 7.63. The van der Waals surface area contributed by atoms with E-state index in [1.54, 1.807) is 12.4 Å². The van der Waals surface area contributed by atoms with Gasteiger partial charge in [0.15, 0.2) is 0 Å². The van der Waals surface area contributed by atoms with Crippen molar-refractivity contribution in [3.8, 4) is 0 Å². The third-order valence-corrected chi connectivity index (χ3v) is 5.28. The molecule has 0 spiro atoms. The topological polar surface area (TPSA) is 56.0 Å². The van der Waals surface area contributed by atoms with Crippen LogP contribution in [0.2, 0.25) is 0 Å². The zero-order valence-corrected chi connectivity index (χ0v) is 16.9. The number of nitrogens with zero attached hydrogens (tertiary/aromatic N) is 1. The number of primary amides is 1. The van der Waals surface area contributed by atoms with E-state index in [9.17, 15) is 4.79 Å². The first-order valence-electron chi connectivity index (χ1n) is 10.9. The van der Waals surface area contributed by atoms with Crippen LogP contribution in [0.25, 0.3) is 0 Å². The molecule has 1 aromatic heterocycles. The third kappa shape index (κ3) is 11.3. The maximum Gasteiger partial charge on any atom is 0.225 e. The second-order valence-electron chi connectivity index (χ2n) is 7.63. The second kappa shape index (κ2) is 15.8. The van der Waals surface area contributed by atoms with Crippen LogP contribution in [0.1, 0.15) is 115 Å². The minimum Gasteiger partial charge on any atom is -0.369 e. The van der Waals surface area contributed by atoms with Crippen LogP contribution < -0.4 is 5.73 Å². The Bertz CT molecular complexity index is 447. The van der Waals surface area contributed by atoms with Gasteiger partial charge in [-0.3, -0.25) is 9.78 Å². The lowest BCUT2D eigenvalue weighted by molar-refractivity contribution is -0.119. The van der Waals surface area contributed by atoms with Crippen molar-refractivity contribution in [2.45, 2.75) is 109 Å². The molecule has 3 heteroatoms. The van der Waals surface area contributed by atoms with Gasteiger partial charge in [0.05, 0.1) is 5.92 Å². The van der Waals surface area contributed by atoms with Crippen molar-refractivity contribution in [3.63, 3.8) is 0 Å². The summed E-state index contributed by atoms with van der Waals surface area (Å²) < 4.78 is 0. The summed E-state index contributed by atoms with van der Waals surface area (Å²) in [6.07, 6.45) is 23.2. The molecule has 0 fully saturated rings. The molecule has 0 saturated carbocycles. The molecule has 3 nitrogen and oxygen atoms in total. The van der Waals surface area contributed by atoms with Crippen LogP contribution in [-0.4, -0.2) is 10.9 Å². The molecular weight excluding hydrogens is 320 g/mol. The van der Waals surface area contributed by atoms with E-state index in [0.29, 0.717) is 0 Å². The van der Waals surface area contributed by atoms with Crippen LogP contribution in [0, 0.1) is 0 Å².